The Bertz CT molecular complexity index is 971. The van der Waals surface area contributed by atoms with E-state index in [1.807, 2.05) is 42.5 Å². The van der Waals surface area contributed by atoms with Gasteiger partial charge in [0.25, 0.3) is 5.91 Å². The lowest BCUT2D eigenvalue weighted by Gasteiger charge is -2.29. The Labute approximate surface area is 212 Å². The van der Waals surface area contributed by atoms with E-state index >= 15 is 0 Å². The van der Waals surface area contributed by atoms with Gasteiger partial charge in [0.1, 0.15) is 17.5 Å². The van der Waals surface area contributed by atoms with Crippen LogP contribution in [0.3, 0.4) is 0 Å². The van der Waals surface area contributed by atoms with Crippen molar-refractivity contribution in [3.05, 3.63) is 58.1 Å². The van der Waals surface area contributed by atoms with Gasteiger partial charge in [0.05, 0.1) is 11.6 Å². The maximum absolute atomic E-state index is 13.3. The molecular weight excluding hydrogens is 496 g/mol. The third kappa shape index (κ3) is 8.05. The number of ether oxygens (including phenoxy) is 2. The fourth-order valence-corrected chi connectivity index (χ4v) is 3.89. The SMILES string of the molecule is CCCCNC(=O)[C@@H](C)N(Cc1cccc(OC)c1)C(=O)COc1ccc(C(C)(C)C)cc1Br. The first kappa shape index (κ1) is 27.7. The summed E-state index contributed by atoms with van der Waals surface area (Å²) < 4.78 is 12.0. The molecule has 2 aromatic carbocycles. The van der Waals surface area contributed by atoms with Crippen molar-refractivity contribution >= 4 is 27.7 Å². The second-order valence-electron chi connectivity index (χ2n) is 9.38. The molecule has 2 aromatic rings. The van der Waals surface area contributed by atoms with E-state index in [4.69, 9.17) is 9.47 Å². The molecule has 0 spiro atoms. The van der Waals surface area contributed by atoms with Crippen LogP contribution < -0.4 is 14.8 Å². The van der Waals surface area contributed by atoms with E-state index in [2.05, 4.69) is 48.9 Å². The number of hydrogen-bond acceptors (Lipinski definition) is 4. The summed E-state index contributed by atoms with van der Waals surface area (Å²) in [5.41, 5.74) is 2.04. The van der Waals surface area contributed by atoms with Crippen LogP contribution in [0.25, 0.3) is 0 Å². The molecular formula is C27H37BrN2O4. The highest BCUT2D eigenvalue weighted by Gasteiger charge is 2.27. The highest BCUT2D eigenvalue weighted by atomic mass is 79.9. The quantitative estimate of drug-likeness (QED) is 0.389. The number of amides is 2. The number of nitrogens with one attached hydrogen (secondary N) is 1. The molecule has 0 aromatic heterocycles. The molecule has 0 saturated carbocycles. The van der Waals surface area contributed by atoms with Gasteiger partial charge in [0.2, 0.25) is 5.91 Å². The normalized spacial score (nSPS) is 12.1. The smallest absolute Gasteiger partial charge is 0.261 e. The maximum atomic E-state index is 13.3. The van der Waals surface area contributed by atoms with Gasteiger partial charge < -0.3 is 19.7 Å². The predicted molar refractivity (Wildman–Crippen MR) is 139 cm³/mol. The highest BCUT2D eigenvalue weighted by molar-refractivity contribution is 9.10. The van der Waals surface area contributed by atoms with Crippen LogP contribution in [0.5, 0.6) is 11.5 Å². The van der Waals surface area contributed by atoms with E-state index in [1.54, 1.807) is 18.9 Å². The van der Waals surface area contributed by atoms with E-state index in [-0.39, 0.29) is 30.4 Å². The first-order valence-corrected chi connectivity index (χ1v) is 12.5. The van der Waals surface area contributed by atoms with E-state index < -0.39 is 6.04 Å². The number of halogens is 1. The van der Waals surface area contributed by atoms with Crippen molar-refractivity contribution in [3.8, 4) is 11.5 Å². The average molecular weight is 534 g/mol. The molecule has 0 fully saturated rings. The minimum Gasteiger partial charge on any atom is -0.497 e. The Morgan fingerprint density at radius 3 is 2.50 bits per heavy atom. The summed E-state index contributed by atoms with van der Waals surface area (Å²) >= 11 is 3.56. The minimum atomic E-state index is -0.647. The standard InChI is InChI=1S/C27H37BrN2O4/c1-7-8-14-29-26(32)19(2)30(17-20-10-9-11-22(15-20)33-6)25(31)18-34-24-13-12-21(16-23(24)28)27(3,4)5/h9-13,15-16,19H,7-8,14,17-18H2,1-6H3,(H,29,32)/t19-/m1/s1. The van der Waals surface area contributed by atoms with Crippen LogP contribution in [0, 0.1) is 0 Å². The van der Waals surface area contributed by atoms with E-state index in [9.17, 15) is 9.59 Å². The lowest BCUT2D eigenvalue weighted by Crippen LogP contribution is -2.49. The number of rotatable bonds is 11. The Morgan fingerprint density at radius 2 is 1.88 bits per heavy atom. The Balaban J connectivity index is 2.18. The average Bonchev–Trinajstić information content (AvgIpc) is 2.80. The maximum Gasteiger partial charge on any atom is 0.261 e. The van der Waals surface area contributed by atoms with Gasteiger partial charge in [0, 0.05) is 13.1 Å². The predicted octanol–water partition coefficient (Wildman–Crippen LogP) is 5.47. The lowest BCUT2D eigenvalue weighted by molar-refractivity contribution is -0.142. The van der Waals surface area contributed by atoms with Gasteiger partial charge in [0.15, 0.2) is 6.61 Å². The van der Waals surface area contributed by atoms with Gasteiger partial charge in [-0.3, -0.25) is 9.59 Å². The summed E-state index contributed by atoms with van der Waals surface area (Å²) in [6, 6.07) is 12.7. The van der Waals surface area contributed by atoms with Crippen LogP contribution in [0.4, 0.5) is 0 Å². The molecule has 0 unspecified atom stereocenters. The van der Waals surface area contributed by atoms with Crippen LogP contribution in [0.2, 0.25) is 0 Å². The van der Waals surface area contributed by atoms with Gasteiger partial charge in [-0.25, -0.2) is 0 Å². The van der Waals surface area contributed by atoms with Gasteiger partial charge in [-0.2, -0.15) is 0 Å². The summed E-state index contributed by atoms with van der Waals surface area (Å²) in [5.74, 6) is 0.833. The van der Waals surface area contributed by atoms with Crippen LogP contribution in [0.1, 0.15) is 58.6 Å². The Morgan fingerprint density at radius 1 is 1.15 bits per heavy atom. The molecule has 0 aliphatic heterocycles. The zero-order valence-electron chi connectivity index (χ0n) is 21.1. The van der Waals surface area contributed by atoms with Crippen molar-refractivity contribution in [3.63, 3.8) is 0 Å². The number of unbranched alkanes of at least 4 members (excludes halogenated alkanes) is 1. The fraction of sp³-hybridized carbons (Fsp3) is 0.481. The zero-order chi connectivity index (χ0) is 25.3. The van der Waals surface area contributed by atoms with Gasteiger partial charge in [-0.05, 0) is 70.1 Å². The molecule has 0 heterocycles. The number of benzene rings is 2. The van der Waals surface area contributed by atoms with Crippen molar-refractivity contribution in [2.24, 2.45) is 0 Å². The van der Waals surface area contributed by atoms with Crippen molar-refractivity contribution in [1.82, 2.24) is 10.2 Å². The molecule has 0 saturated heterocycles. The van der Waals surface area contributed by atoms with Gasteiger partial charge in [-0.15, -0.1) is 0 Å². The molecule has 0 radical (unpaired) electrons. The molecule has 186 valence electrons. The largest absolute Gasteiger partial charge is 0.497 e. The summed E-state index contributed by atoms with van der Waals surface area (Å²) in [5, 5.41) is 2.92. The summed E-state index contributed by atoms with van der Waals surface area (Å²) in [4.78, 5) is 27.6. The van der Waals surface area contributed by atoms with Crippen LogP contribution in [-0.4, -0.2) is 43.0 Å². The molecule has 2 rings (SSSR count). The second-order valence-corrected chi connectivity index (χ2v) is 10.2. The molecule has 7 heteroatoms. The second kappa shape index (κ2) is 12.8. The van der Waals surface area contributed by atoms with E-state index in [0.717, 1.165) is 28.4 Å². The van der Waals surface area contributed by atoms with Crippen molar-refractivity contribution < 1.29 is 19.1 Å². The number of carbonyl (C=O) groups excluding carboxylic acids is 2. The van der Waals surface area contributed by atoms with E-state index in [0.29, 0.717) is 18.0 Å². The molecule has 34 heavy (non-hydrogen) atoms. The third-order valence-corrected chi connectivity index (χ3v) is 6.25. The van der Waals surface area contributed by atoms with Crippen molar-refractivity contribution in [2.75, 3.05) is 20.3 Å². The first-order valence-electron chi connectivity index (χ1n) is 11.7. The lowest BCUT2D eigenvalue weighted by atomic mass is 9.87. The molecule has 1 N–H and O–H groups in total. The minimum absolute atomic E-state index is 0.00494. The topological polar surface area (TPSA) is 67.9 Å². The summed E-state index contributed by atoms with van der Waals surface area (Å²) in [6.07, 6.45) is 1.88. The van der Waals surface area contributed by atoms with Crippen molar-refractivity contribution in [1.29, 1.82) is 0 Å². The molecule has 1 atom stereocenters. The summed E-state index contributed by atoms with van der Waals surface area (Å²) in [7, 11) is 1.60. The first-order chi connectivity index (χ1) is 16.1. The monoisotopic (exact) mass is 532 g/mol. The molecule has 0 bridgehead atoms. The molecule has 0 aliphatic carbocycles. The van der Waals surface area contributed by atoms with Crippen LogP contribution in [-0.2, 0) is 21.5 Å². The molecule has 6 nitrogen and oxygen atoms in total. The highest BCUT2D eigenvalue weighted by Crippen LogP contribution is 2.31. The van der Waals surface area contributed by atoms with Gasteiger partial charge >= 0.3 is 0 Å². The fourth-order valence-electron chi connectivity index (χ4n) is 3.39. The third-order valence-electron chi connectivity index (χ3n) is 5.63. The van der Waals surface area contributed by atoms with Crippen molar-refractivity contribution in [2.45, 2.75) is 65.5 Å². The Kier molecular flexibility index (Phi) is 10.4. The van der Waals surface area contributed by atoms with E-state index in [1.165, 1.54) is 0 Å². The molecule has 2 amide bonds. The molecule has 0 aliphatic rings. The number of carbonyl (C=O) groups is 2. The van der Waals surface area contributed by atoms with Gasteiger partial charge in [-0.1, -0.05) is 52.3 Å². The number of nitrogens with zero attached hydrogens (tertiary/aromatic N) is 1. The summed E-state index contributed by atoms with van der Waals surface area (Å²) in [6.45, 7) is 10.9. The van der Waals surface area contributed by atoms with Crippen LogP contribution >= 0.6 is 15.9 Å². The zero-order valence-corrected chi connectivity index (χ0v) is 22.7. The van der Waals surface area contributed by atoms with Crippen LogP contribution in [0.15, 0.2) is 46.9 Å². The Hall–Kier alpha value is -2.54. The number of methoxy groups -OCH3 is 1. The number of hydrogen-bond donors (Lipinski definition) is 1.